The number of pyridine rings is 1. The van der Waals surface area contributed by atoms with Gasteiger partial charge in [-0.25, -0.2) is 4.79 Å². The number of hydrogen-bond acceptors (Lipinski definition) is 5. The van der Waals surface area contributed by atoms with Crippen molar-refractivity contribution in [1.29, 1.82) is 0 Å². The van der Waals surface area contributed by atoms with Gasteiger partial charge in [0, 0.05) is 32.4 Å². The number of piperidine rings is 1. The molecule has 0 radical (unpaired) electrons. The molecule has 2 aromatic heterocycles. The summed E-state index contributed by atoms with van der Waals surface area (Å²) in [5.41, 5.74) is 0.00442. The molecule has 0 atom stereocenters. The average molecular weight is 394 g/mol. The van der Waals surface area contributed by atoms with Crippen LogP contribution in [0.25, 0.3) is 6.08 Å². The van der Waals surface area contributed by atoms with E-state index in [0.29, 0.717) is 19.4 Å². The smallest absolute Gasteiger partial charge is 0.328 e. The van der Waals surface area contributed by atoms with Gasteiger partial charge in [0.15, 0.2) is 0 Å². The van der Waals surface area contributed by atoms with Gasteiger partial charge in [-0.2, -0.15) is 0 Å². The van der Waals surface area contributed by atoms with Crippen molar-refractivity contribution >= 4 is 18.0 Å². The lowest BCUT2D eigenvalue weighted by molar-refractivity contribution is -0.136. The van der Waals surface area contributed by atoms with Crippen molar-refractivity contribution in [2.24, 2.45) is 0 Å². The molecule has 4 rings (SSSR count). The molecule has 0 saturated carbocycles. The lowest BCUT2D eigenvalue weighted by Gasteiger charge is -2.41. The number of likely N-dealkylation sites (tertiary alicyclic amines) is 1. The number of carbonyl (C=O) groups is 2. The average Bonchev–Trinajstić information content (AvgIpc) is 3.32. The maximum atomic E-state index is 13.3. The van der Waals surface area contributed by atoms with Crippen molar-refractivity contribution in [3.05, 3.63) is 60.3 Å². The molecule has 2 aliphatic rings. The topological polar surface area (TPSA) is 69.9 Å². The molecule has 152 valence electrons. The molecular formula is C22H26N4O3. The first-order valence-corrected chi connectivity index (χ1v) is 10.1. The Bertz CT molecular complexity index is 871. The predicted molar refractivity (Wildman–Crippen MR) is 109 cm³/mol. The third-order valence-corrected chi connectivity index (χ3v) is 5.86. The minimum absolute atomic E-state index is 0.0826. The molecule has 0 aromatic carbocycles. The van der Waals surface area contributed by atoms with E-state index in [1.807, 2.05) is 43.3 Å². The highest BCUT2D eigenvalue weighted by Gasteiger charge is 2.57. The minimum atomic E-state index is -0.720. The van der Waals surface area contributed by atoms with Gasteiger partial charge in [0.1, 0.15) is 11.3 Å². The first-order chi connectivity index (χ1) is 14.1. The molecule has 0 bridgehead atoms. The Morgan fingerprint density at radius 1 is 1.17 bits per heavy atom. The van der Waals surface area contributed by atoms with Crippen molar-refractivity contribution in [2.75, 3.05) is 26.2 Å². The maximum absolute atomic E-state index is 13.3. The van der Waals surface area contributed by atoms with Crippen LogP contribution in [0.2, 0.25) is 0 Å². The van der Waals surface area contributed by atoms with Crippen LogP contribution in [0.15, 0.2) is 53.3 Å². The van der Waals surface area contributed by atoms with Crippen LogP contribution in [0, 0.1) is 0 Å². The highest BCUT2D eigenvalue weighted by atomic mass is 16.3. The lowest BCUT2D eigenvalue weighted by atomic mass is 9.85. The van der Waals surface area contributed by atoms with Crippen molar-refractivity contribution in [1.82, 2.24) is 19.7 Å². The van der Waals surface area contributed by atoms with Crippen molar-refractivity contribution in [3.8, 4) is 0 Å². The molecule has 2 aliphatic heterocycles. The monoisotopic (exact) mass is 394 g/mol. The highest BCUT2D eigenvalue weighted by Crippen LogP contribution is 2.37. The van der Waals surface area contributed by atoms with E-state index in [4.69, 9.17) is 4.42 Å². The van der Waals surface area contributed by atoms with E-state index in [-0.39, 0.29) is 18.5 Å². The third kappa shape index (κ3) is 3.70. The van der Waals surface area contributed by atoms with Gasteiger partial charge in [-0.05, 0) is 50.1 Å². The number of furan rings is 1. The van der Waals surface area contributed by atoms with Crippen molar-refractivity contribution in [2.45, 2.75) is 31.8 Å². The van der Waals surface area contributed by atoms with Gasteiger partial charge in [-0.15, -0.1) is 0 Å². The lowest BCUT2D eigenvalue weighted by Crippen LogP contribution is -2.56. The predicted octanol–water partition coefficient (Wildman–Crippen LogP) is 3.01. The van der Waals surface area contributed by atoms with Gasteiger partial charge in [0.2, 0.25) is 0 Å². The molecule has 0 unspecified atom stereocenters. The number of rotatable bonds is 6. The summed E-state index contributed by atoms with van der Waals surface area (Å²) < 4.78 is 5.31. The Labute approximate surface area is 170 Å². The van der Waals surface area contributed by atoms with E-state index >= 15 is 0 Å². The van der Waals surface area contributed by atoms with E-state index in [1.165, 1.54) is 4.90 Å². The molecule has 3 amide bonds. The normalized spacial score (nSPS) is 19.8. The number of urea groups is 1. The number of hydrogen-bond donors (Lipinski definition) is 0. The summed E-state index contributed by atoms with van der Waals surface area (Å²) in [5.74, 6) is 0.748. The van der Waals surface area contributed by atoms with E-state index in [9.17, 15) is 9.59 Å². The summed E-state index contributed by atoms with van der Waals surface area (Å²) in [4.78, 5) is 36.0. The number of amides is 3. The van der Waals surface area contributed by atoms with Crippen LogP contribution >= 0.6 is 0 Å². The molecule has 2 saturated heterocycles. The second-order valence-electron chi connectivity index (χ2n) is 7.49. The van der Waals surface area contributed by atoms with Crippen LogP contribution in [0.3, 0.4) is 0 Å². The molecule has 0 N–H and O–H groups in total. The largest absolute Gasteiger partial charge is 0.465 e. The van der Waals surface area contributed by atoms with Gasteiger partial charge in [-0.1, -0.05) is 12.1 Å². The fraction of sp³-hybridized carbons (Fsp3) is 0.409. The summed E-state index contributed by atoms with van der Waals surface area (Å²) >= 11 is 0. The molecule has 2 fully saturated rings. The van der Waals surface area contributed by atoms with Gasteiger partial charge in [-0.3, -0.25) is 19.6 Å². The standard InChI is InChI=1S/C22H26N4O3/c1-2-26-21(28)25(17-18-7-3-4-12-23-18)20(27)22(26)10-14-24(15-11-22)13-5-8-19-9-6-16-29-19/h3-9,12,16H,2,10-11,13-15,17H2,1H3/b8-5+. The van der Waals surface area contributed by atoms with Crippen LogP contribution in [0.1, 0.15) is 31.2 Å². The molecule has 2 aromatic rings. The van der Waals surface area contributed by atoms with Crippen LogP contribution in [-0.4, -0.2) is 63.3 Å². The fourth-order valence-electron chi connectivity index (χ4n) is 4.31. The molecule has 0 aliphatic carbocycles. The summed E-state index contributed by atoms with van der Waals surface area (Å²) in [6.07, 6.45) is 8.67. The van der Waals surface area contributed by atoms with E-state index < -0.39 is 5.54 Å². The zero-order valence-electron chi connectivity index (χ0n) is 16.7. The van der Waals surface area contributed by atoms with Crippen molar-refractivity contribution < 1.29 is 14.0 Å². The number of nitrogens with zero attached hydrogens (tertiary/aromatic N) is 4. The van der Waals surface area contributed by atoms with E-state index in [2.05, 4.69) is 16.0 Å². The quantitative estimate of drug-likeness (QED) is 0.705. The zero-order chi connectivity index (χ0) is 20.3. The van der Waals surface area contributed by atoms with Gasteiger partial charge in [0.25, 0.3) is 5.91 Å². The molecule has 29 heavy (non-hydrogen) atoms. The number of aromatic nitrogens is 1. The molecular weight excluding hydrogens is 368 g/mol. The molecule has 1 spiro atoms. The summed E-state index contributed by atoms with van der Waals surface area (Å²) in [7, 11) is 0. The minimum Gasteiger partial charge on any atom is -0.465 e. The number of imide groups is 1. The Kier molecular flexibility index (Phi) is 5.49. The Morgan fingerprint density at radius 3 is 2.66 bits per heavy atom. The van der Waals surface area contributed by atoms with Crippen LogP contribution in [0.5, 0.6) is 0 Å². The summed E-state index contributed by atoms with van der Waals surface area (Å²) in [6, 6.07) is 9.12. The number of carbonyl (C=O) groups excluding carboxylic acids is 2. The summed E-state index contributed by atoms with van der Waals surface area (Å²) in [6.45, 7) is 5.04. The molecule has 4 heterocycles. The summed E-state index contributed by atoms with van der Waals surface area (Å²) in [5, 5.41) is 0. The van der Waals surface area contributed by atoms with Crippen LogP contribution in [-0.2, 0) is 11.3 Å². The zero-order valence-corrected chi connectivity index (χ0v) is 16.7. The van der Waals surface area contributed by atoms with Gasteiger partial charge >= 0.3 is 6.03 Å². The fourth-order valence-corrected chi connectivity index (χ4v) is 4.31. The Balaban J connectivity index is 1.43. The second kappa shape index (κ2) is 8.21. The van der Waals surface area contributed by atoms with Gasteiger partial charge < -0.3 is 9.32 Å². The third-order valence-electron chi connectivity index (χ3n) is 5.86. The van der Waals surface area contributed by atoms with E-state index in [0.717, 1.165) is 31.1 Å². The van der Waals surface area contributed by atoms with Crippen molar-refractivity contribution in [3.63, 3.8) is 0 Å². The first kappa shape index (κ1) is 19.4. The molecule has 7 heteroatoms. The SMILES string of the molecule is CCN1C(=O)N(Cc2ccccn2)C(=O)C12CCN(C/C=C/c1ccco1)CC2. The molecule has 7 nitrogen and oxygen atoms in total. The van der Waals surface area contributed by atoms with Crippen LogP contribution < -0.4 is 0 Å². The first-order valence-electron chi connectivity index (χ1n) is 10.1. The van der Waals surface area contributed by atoms with Crippen LogP contribution in [0.4, 0.5) is 4.79 Å². The Hall–Kier alpha value is -2.93. The van der Waals surface area contributed by atoms with E-state index in [1.54, 1.807) is 17.4 Å². The number of likely N-dealkylation sites (N-methyl/N-ethyl adjacent to an activating group) is 1. The Morgan fingerprint density at radius 2 is 2.00 bits per heavy atom. The maximum Gasteiger partial charge on any atom is 0.328 e. The second-order valence-corrected chi connectivity index (χ2v) is 7.49. The van der Waals surface area contributed by atoms with Gasteiger partial charge in [0.05, 0.1) is 18.5 Å². The highest BCUT2D eigenvalue weighted by molar-refractivity contribution is 6.07.